The minimum atomic E-state index is -0.189. The Morgan fingerprint density at radius 2 is 2.11 bits per heavy atom. The van der Waals surface area contributed by atoms with E-state index in [2.05, 4.69) is 25.2 Å². The number of para-hydroxylation sites is 1. The summed E-state index contributed by atoms with van der Waals surface area (Å²) in [5.41, 5.74) is -0.189. The number of aliphatic hydroxyl groups excluding tert-OH is 1. The van der Waals surface area contributed by atoms with Crippen LogP contribution in [0, 0.1) is 0 Å². The summed E-state index contributed by atoms with van der Waals surface area (Å²) in [5, 5.41) is 12.9. The Morgan fingerprint density at radius 1 is 1.37 bits per heavy atom. The summed E-state index contributed by atoms with van der Waals surface area (Å²) in [6.07, 6.45) is 2.00. The van der Waals surface area contributed by atoms with Gasteiger partial charge in [0.05, 0.1) is 13.7 Å². The zero-order chi connectivity index (χ0) is 14.1. The summed E-state index contributed by atoms with van der Waals surface area (Å²) < 4.78 is 5.33. The van der Waals surface area contributed by atoms with Crippen molar-refractivity contribution in [3.8, 4) is 5.75 Å². The molecule has 4 heteroatoms. The van der Waals surface area contributed by atoms with Crippen molar-refractivity contribution in [1.82, 2.24) is 5.32 Å². The van der Waals surface area contributed by atoms with Crippen LogP contribution in [0.25, 0.3) is 0 Å². The van der Waals surface area contributed by atoms with Gasteiger partial charge in [-0.15, -0.1) is 11.8 Å². The van der Waals surface area contributed by atoms with Gasteiger partial charge in [0.1, 0.15) is 5.75 Å². The van der Waals surface area contributed by atoms with Crippen LogP contribution in [0.4, 0.5) is 0 Å². The van der Waals surface area contributed by atoms with Crippen LogP contribution in [0.2, 0.25) is 0 Å². The van der Waals surface area contributed by atoms with Crippen LogP contribution < -0.4 is 10.1 Å². The molecule has 1 aromatic carbocycles. The summed E-state index contributed by atoms with van der Waals surface area (Å²) in [7, 11) is 1.69. The highest BCUT2D eigenvalue weighted by Gasteiger charge is 2.21. The SMILES string of the molecule is CCCNC(C)(CO)CCSc1ccccc1OC. The third-order valence-corrected chi connectivity index (χ3v) is 4.19. The first kappa shape index (κ1) is 16.3. The lowest BCUT2D eigenvalue weighted by Crippen LogP contribution is -2.46. The maximum atomic E-state index is 9.51. The number of methoxy groups -OCH3 is 1. The topological polar surface area (TPSA) is 41.5 Å². The maximum Gasteiger partial charge on any atom is 0.132 e. The van der Waals surface area contributed by atoms with Crippen molar-refractivity contribution >= 4 is 11.8 Å². The third-order valence-electron chi connectivity index (χ3n) is 3.13. The van der Waals surface area contributed by atoms with E-state index in [1.807, 2.05) is 18.2 Å². The molecular weight excluding hydrogens is 258 g/mol. The highest BCUT2D eigenvalue weighted by molar-refractivity contribution is 7.99. The average molecular weight is 283 g/mol. The molecule has 19 heavy (non-hydrogen) atoms. The van der Waals surface area contributed by atoms with Crippen LogP contribution in [-0.4, -0.2) is 36.7 Å². The molecule has 1 unspecified atom stereocenters. The van der Waals surface area contributed by atoms with Crippen LogP contribution in [0.1, 0.15) is 26.7 Å². The molecule has 0 aliphatic rings. The van der Waals surface area contributed by atoms with Gasteiger partial charge in [0.2, 0.25) is 0 Å². The van der Waals surface area contributed by atoms with E-state index in [1.165, 1.54) is 0 Å². The van der Waals surface area contributed by atoms with E-state index in [4.69, 9.17) is 4.74 Å². The number of ether oxygens (including phenoxy) is 1. The summed E-state index contributed by atoms with van der Waals surface area (Å²) >= 11 is 1.77. The quantitative estimate of drug-likeness (QED) is 0.684. The number of hydrogen-bond donors (Lipinski definition) is 2. The first-order valence-corrected chi connectivity index (χ1v) is 7.75. The molecule has 1 rings (SSSR count). The molecule has 3 nitrogen and oxygen atoms in total. The van der Waals surface area contributed by atoms with Gasteiger partial charge in [0.25, 0.3) is 0 Å². The van der Waals surface area contributed by atoms with Crippen LogP contribution in [0.3, 0.4) is 0 Å². The van der Waals surface area contributed by atoms with E-state index >= 15 is 0 Å². The second-order valence-electron chi connectivity index (χ2n) is 4.89. The number of aliphatic hydroxyl groups is 1. The highest BCUT2D eigenvalue weighted by atomic mass is 32.2. The van der Waals surface area contributed by atoms with Crippen molar-refractivity contribution in [2.24, 2.45) is 0 Å². The molecule has 0 fully saturated rings. The van der Waals surface area contributed by atoms with E-state index < -0.39 is 0 Å². The monoisotopic (exact) mass is 283 g/mol. The summed E-state index contributed by atoms with van der Waals surface area (Å²) in [5.74, 6) is 1.87. The lowest BCUT2D eigenvalue weighted by Gasteiger charge is -2.28. The van der Waals surface area contributed by atoms with Gasteiger partial charge in [-0.05, 0) is 44.2 Å². The number of hydrogen-bond acceptors (Lipinski definition) is 4. The number of benzene rings is 1. The van der Waals surface area contributed by atoms with Crippen molar-refractivity contribution in [3.63, 3.8) is 0 Å². The fraction of sp³-hybridized carbons (Fsp3) is 0.600. The largest absolute Gasteiger partial charge is 0.496 e. The lowest BCUT2D eigenvalue weighted by molar-refractivity contribution is 0.171. The van der Waals surface area contributed by atoms with Gasteiger partial charge in [-0.25, -0.2) is 0 Å². The summed E-state index contributed by atoms with van der Waals surface area (Å²) in [6, 6.07) is 8.04. The molecule has 108 valence electrons. The molecule has 0 radical (unpaired) electrons. The van der Waals surface area contributed by atoms with Gasteiger partial charge in [0.15, 0.2) is 0 Å². The maximum absolute atomic E-state index is 9.51. The minimum absolute atomic E-state index is 0.166. The molecule has 0 heterocycles. The van der Waals surface area contributed by atoms with E-state index in [0.717, 1.165) is 35.8 Å². The summed E-state index contributed by atoms with van der Waals surface area (Å²) in [6.45, 7) is 5.32. The molecule has 0 bridgehead atoms. The third kappa shape index (κ3) is 5.43. The normalized spacial score (nSPS) is 14.1. The van der Waals surface area contributed by atoms with Gasteiger partial charge >= 0.3 is 0 Å². The van der Waals surface area contributed by atoms with E-state index in [9.17, 15) is 5.11 Å². The highest BCUT2D eigenvalue weighted by Crippen LogP contribution is 2.30. The Kier molecular flexibility index (Phi) is 7.28. The Balaban J connectivity index is 2.47. The predicted molar refractivity (Wildman–Crippen MR) is 82.1 cm³/mol. The Bertz CT molecular complexity index is 373. The van der Waals surface area contributed by atoms with E-state index in [1.54, 1.807) is 18.9 Å². The molecule has 0 amide bonds. The van der Waals surface area contributed by atoms with E-state index in [0.29, 0.717) is 0 Å². The smallest absolute Gasteiger partial charge is 0.132 e. The molecular formula is C15H25NO2S. The number of rotatable bonds is 9. The van der Waals surface area contributed by atoms with Crippen molar-refractivity contribution in [2.45, 2.75) is 37.1 Å². The lowest BCUT2D eigenvalue weighted by atomic mass is 10.0. The second-order valence-corrected chi connectivity index (χ2v) is 6.03. The number of thioether (sulfide) groups is 1. The van der Waals surface area contributed by atoms with Crippen molar-refractivity contribution in [1.29, 1.82) is 0 Å². The molecule has 0 aromatic heterocycles. The number of nitrogens with one attached hydrogen (secondary N) is 1. The molecule has 0 spiro atoms. The average Bonchev–Trinajstić information content (AvgIpc) is 2.45. The zero-order valence-corrected chi connectivity index (χ0v) is 12.9. The van der Waals surface area contributed by atoms with Crippen molar-refractivity contribution in [3.05, 3.63) is 24.3 Å². The van der Waals surface area contributed by atoms with Crippen LogP contribution >= 0.6 is 11.8 Å². The Labute approximate surface area is 120 Å². The summed E-state index contributed by atoms with van der Waals surface area (Å²) in [4.78, 5) is 1.15. The van der Waals surface area contributed by atoms with Gasteiger partial charge in [-0.2, -0.15) is 0 Å². The first-order valence-electron chi connectivity index (χ1n) is 6.77. The Morgan fingerprint density at radius 3 is 2.74 bits per heavy atom. The zero-order valence-electron chi connectivity index (χ0n) is 12.1. The first-order chi connectivity index (χ1) is 9.15. The molecule has 1 aromatic rings. The predicted octanol–water partition coefficient (Wildman–Crippen LogP) is 2.93. The minimum Gasteiger partial charge on any atom is -0.496 e. The van der Waals surface area contributed by atoms with Gasteiger partial charge in [-0.3, -0.25) is 0 Å². The Hall–Kier alpha value is -0.710. The van der Waals surface area contributed by atoms with Crippen LogP contribution in [0.15, 0.2) is 29.2 Å². The molecule has 1 atom stereocenters. The fourth-order valence-electron chi connectivity index (χ4n) is 1.77. The standard InChI is InChI=1S/C15H25NO2S/c1-4-10-16-15(2,12-17)9-11-19-14-8-6-5-7-13(14)18-3/h5-8,16-17H,4,9-12H2,1-3H3. The van der Waals surface area contributed by atoms with E-state index in [-0.39, 0.29) is 12.1 Å². The second kappa shape index (κ2) is 8.46. The fourth-order valence-corrected chi connectivity index (χ4v) is 3.02. The van der Waals surface area contributed by atoms with Crippen LogP contribution in [0.5, 0.6) is 5.75 Å². The van der Waals surface area contributed by atoms with Gasteiger partial charge in [-0.1, -0.05) is 19.1 Å². The van der Waals surface area contributed by atoms with Crippen LogP contribution in [-0.2, 0) is 0 Å². The van der Waals surface area contributed by atoms with Crippen molar-refractivity contribution < 1.29 is 9.84 Å². The van der Waals surface area contributed by atoms with Gasteiger partial charge < -0.3 is 15.2 Å². The van der Waals surface area contributed by atoms with Gasteiger partial charge in [0, 0.05) is 10.4 Å². The molecule has 0 saturated heterocycles. The molecule has 0 aliphatic carbocycles. The molecule has 0 aliphatic heterocycles. The van der Waals surface area contributed by atoms with Crippen molar-refractivity contribution in [2.75, 3.05) is 26.0 Å². The molecule has 2 N–H and O–H groups in total. The molecule has 0 saturated carbocycles.